The van der Waals surface area contributed by atoms with E-state index in [1.54, 1.807) is 23.9 Å². The SMILES string of the molecule is CSc1[c]c(O)ccc1. The van der Waals surface area contributed by atoms with Gasteiger partial charge >= 0.3 is 0 Å². The molecular weight excluding hydrogens is 132 g/mol. The number of aromatic hydroxyl groups is 1. The molecule has 0 aliphatic carbocycles. The summed E-state index contributed by atoms with van der Waals surface area (Å²) in [5.74, 6) is 0.210. The summed E-state index contributed by atoms with van der Waals surface area (Å²) in [4.78, 5) is 0.968. The quantitative estimate of drug-likeness (QED) is 0.600. The second-order valence-corrected chi connectivity index (χ2v) is 2.45. The van der Waals surface area contributed by atoms with Crippen LogP contribution in [0.5, 0.6) is 5.75 Å². The molecular formula is C7H7OS. The van der Waals surface area contributed by atoms with Crippen LogP contribution in [0.4, 0.5) is 0 Å². The smallest absolute Gasteiger partial charge is 0.124 e. The highest BCUT2D eigenvalue weighted by molar-refractivity contribution is 7.98. The summed E-state index contributed by atoms with van der Waals surface area (Å²) in [6.07, 6.45) is 1.95. The average Bonchev–Trinajstić information content (AvgIpc) is 1.88. The van der Waals surface area contributed by atoms with Crippen LogP contribution in [0.15, 0.2) is 23.1 Å². The fourth-order valence-corrected chi connectivity index (χ4v) is 0.977. The van der Waals surface area contributed by atoms with Gasteiger partial charge in [0, 0.05) is 11.0 Å². The minimum Gasteiger partial charge on any atom is -0.507 e. The van der Waals surface area contributed by atoms with E-state index in [4.69, 9.17) is 5.11 Å². The van der Waals surface area contributed by atoms with Crippen LogP contribution in [0.1, 0.15) is 0 Å². The monoisotopic (exact) mass is 139 g/mol. The fourth-order valence-electron chi connectivity index (χ4n) is 0.555. The molecule has 0 aliphatic rings. The van der Waals surface area contributed by atoms with Gasteiger partial charge in [-0.3, -0.25) is 0 Å². The molecule has 0 heterocycles. The van der Waals surface area contributed by atoms with Gasteiger partial charge in [0.15, 0.2) is 0 Å². The lowest BCUT2D eigenvalue weighted by Crippen LogP contribution is -1.67. The highest BCUT2D eigenvalue weighted by Gasteiger charge is 1.89. The Morgan fingerprint density at radius 1 is 1.56 bits per heavy atom. The number of phenolic OH excluding ortho intramolecular Hbond substituents is 1. The van der Waals surface area contributed by atoms with E-state index in [0.717, 1.165) is 4.90 Å². The Bertz CT molecular complexity index is 198. The van der Waals surface area contributed by atoms with Crippen LogP contribution >= 0.6 is 11.8 Å². The first-order chi connectivity index (χ1) is 4.33. The molecule has 1 radical (unpaired) electrons. The van der Waals surface area contributed by atoms with Crippen molar-refractivity contribution < 1.29 is 5.11 Å². The normalized spacial score (nSPS) is 9.44. The standard InChI is InChI=1S/C7H7OS/c1-9-7-4-2-3-6(8)5-7/h2-4,8H,1H3. The summed E-state index contributed by atoms with van der Waals surface area (Å²) in [7, 11) is 0. The third-order valence-electron chi connectivity index (χ3n) is 0.973. The number of thioether (sulfide) groups is 1. The van der Waals surface area contributed by atoms with E-state index in [1.165, 1.54) is 0 Å². The second-order valence-electron chi connectivity index (χ2n) is 1.60. The zero-order chi connectivity index (χ0) is 6.69. The predicted octanol–water partition coefficient (Wildman–Crippen LogP) is 1.91. The number of hydrogen-bond donors (Lipinski definition) is 1. The van der Waals surface area contributed by atoms with Crippen molar-refractivity contribution in [1.82, 2.24) is 0 Å². The summed E-state index contributed by atoms with van der Waals surface area (Å²) in [6.45, 7) is 0. The minimum absolute atomic E-state index is 0.210. The Morgan fingerprint density at radius 3 is 2.78 bits per heavy atom. The van der Waals surface area contributed by atoms with Crippen LogP contribution in [0, 0.1) is 6.07 Å². The van der Waals surface area contributed by atoms with Gasteiger partial charge in [0.1, 0.15) is 5.75 Å². The van der Waals surface area contributed by atoms with Crippen molar-refractivity contribution in [3.05, 3.63) is 24.3 Å². The number of rotatable bonds is 1. The van der Waals surface area contributed by atoms with Crippen LogP contribution in [0.2, 0.25) is 0 Å². The van der Waals surface area contributed by atoms with Crippen molar-refractivity contribution in [2.24, 2.45) is 0 Å². The molecule has 0 atom stereocenters. The van der Waals surface area contributed by atoms with E-state index < -0.39 is 0 Å². The van der Waals surface area contributed by atoms with Crippen LogP contribution in [0.3, 0.4) is 0 Å². The van der Waals surface area contributed by atoms with E-state index in [2.05, 4.69) is 6.07 Å². The maximum Gasteiger partial charge on any atom is 0.124 e. The topological polar surface area (TPSA) is 20.2 Å². The fraction of sp³-hybridized carbons (Fsp3) is 0.143. The summed E-state index contributed by atoms with van der Waals surface area (Å²) in [5.41, 5.74) is 0. The average molecular weight is 139 g/mol. The molecule has 47 valence electrons. The van der Waals surface area contributed by atoms with Crippen molar-refractivity contribution in [1.29, 1.82) is 0 Å². The Morgan fingerprint density at radius 2 is 2.33 bits per heavy atom. The molecule has 1 rings (SSSR count). The predicted molar refractivity (Wildman–Crippen MR) is 38.7 cm³/mol. The van der Waals surface area contributed by atoms with E-state index in [1.807, 2.05) is 12.3 Å². The minimum atomic E-state index is 0.210. The third-order valence-corrected chi connectivity index (χ3v) is 1.65. The number of hydrogen-bond acceptors (Lipinski definition) is 2. The molecule has 0 aromatic heterocycles. The van der Waals surface area contributed by atoms with Gasteiger partial charge in [-0.15, -0.1) is 11.8 Å². The molecule has 0 aliphatic heterocycles. The van der Waals surface area contributed by atoms with Gasteiger partial charge < -0.3 is 5.11 Å². The van der Waals surface area contributed by atoms with Crippen LogP contribution in [0.25, 0.3) is 0 Å². The molecule has 0 fully saturated rings. The molecule has 0 amide bonds. The lowest BCUT2D eigenvalue weighted by Gasteiger charge is -1.93. The molecule has 1 nitrogen and oxygen atoms in total. The van der Waals surface area contributed by atoms with Gasteiger partial charge in [-0.1, -0.05) is 6.07 Å². The van der Waals surface area contributed by atoms with Crippen molar-refractivity contribution in [3.8, 4) is 5.75 Å². The van der Waals surface area contributed by atoms with Gasteiger partial charge in [0.05, 0.1) is 0 Å². The van der Waals surface area contributed by atoms with Crippen molar-refractivity contribution >= 4 is 11.8 Å². The van der Waals surface area contributed by atoms with Crippen molar-refractivity contribution in [3.63, 3.8) is 0 Å². The lowest BCUT2D eigenvalue weighted by molar-refractivity contribution is 0.472. The maximum absolute atomic E-state index is 8.88. The first kappa shape index (κ1) is 6.49. The maximum atomic E-state index is 8.88. The lowest BCUT2D eigenvalue weighted by atomic mass is 10.3. The molecule has 2 heteroatoms. The van der Waals surface area contributed by atoms with Gasteiger partial charge in [-0.05, 0) is 18.4 Å². The molecule has 9 heavy (non-hydrogen) atoms. The summed E-state index contributed by atoms with van der Waals surface area (Å²) < 4.78 is 0. The largest absolute Gasteiger partial charge is 0.507 e. The third kappa shape index (κ3) is 1.64. The second kappa shape index (κ2) is 2.78. The van der Waals surface area contributed by atoms with E-state index in [0.29, 0.717) is 0 Å². The highest BCUT2D eigenvalue weighted by Crippen LogP contribution is 2.17. The molecule has 1 aromatic rings. The van der Waals surface area contributed by atoms with E-state index >= 15 is 0 Å². The molecule has 0 spiro atoms. The van der Waals surface area contributed by atoms with E-state index in [9.17, 15) is 0 Å². The summed E-state index contributed by atoms with van der Waals surface area (Å²) in [6, 6.07) is 8.10. The van der Waals surface area contributed by atoms with Gasteiger partial charge in [-0.2, -0.15) is 0 Å². The Balaban J connectivity index is 2.94. The first-order valence-corrected chi connectivity index (χ1v) is 3.80. The molecule has 0 bridgehead atoms. The van der Waals surface area contributed by atoms with Crippen LogP contribution in [-0.2, 0) is 0 Å². The molecule has 0 unspecified atom stereocenters. The Kier molecular flexibility index (Phi) is 2.01. The summed E-state index contributed by atoms with van der Waals surface area (Å²) in [5, 5.41) is 8.88. The van der Waals surface area contributed by atoms with E-state index in [-0.39, 0.29) is 5.75 Å². The zero-order valence-electron chi connectivity index (χ0n) is 5.09. The first-order valence-electron chi connectivity index (χ1n) is 2.58. The number of benzene rings is 1. The van der Waals surface area contributed by atoms with Crippen LogP contribution in [-0.4, -0.2) is 11.4 Å². The van der Waals surface area contributed by atoms with Crippen molar-refractivity contribution in [2.45, 2.75) is 4.90 Å². The number of phenols is 1. The molecule has 0 saturated heterocycles. The Hall–Kier alpha value is -0.630. The van der Waals surface area contributed by atoms with Gasteiger partial charge in [-0.25, -0.2) is 0 Å². The van der Waals surface area contributed by atoms with Crippen LogP contribution < -0.4 is 0 Å². The summed E-state index contributed by atoms with van der Waals surface area (Å²) >= 11 is 1.57. The molecule has 1 N–H and O–H groups in total. The van der Waals surface area contributed by atoms with Gasteiger partial charge in [0.2, 0.25) is 0 Å². The Labute approximate surface area is 58.7 Å². The molecule has 1 aromatic carbocycles. The zero-order valence-corrected chi connectivity index (χ0v) is 5.90. The molecule has 0 saturated carbocycles. The highest BCUT2D eigenvalue weighted by atomic mass is 32.2. The van der Waals surface area contributed by atoms with Crippen molar-refractivity contribution in [2.75, 3.05) is 6.26 Å². The van der Waals surface area contributed by atoms with Gasteiger partial charge in [0.25, 0.3) is 0 Å².